The highest BCUT2D eigenvalue weighted by Gasteiger charge is 2.10. The van der Waals surface area contributed by atoms with Crippen LogP contribution in [0.2, 0.25) is 0 Å². The Labute approximate surface area is 90.6 Å². The van der Waals surface area contributed by atoms with Crippen molar-refractivity contribution in [2.75, 3.05) is 0 Å². The second-order valence-corrected chi connectivity index (χ2v) is 3.89. The number of rotatable bonds is 2. The van der Waals surface area contributed by atoms with Crippen LogP contribution in [0.5, 0.6) is 5.75 Å². The molecular weight excluding hydrogens is 246 g/mol. The maximum Gasteiger partial charge on any atom is 0.235 e. The Balaban J connectivity index is 3.28. The quantitative estimate of drug-likeness (QED) is 0.653. The molecule has 0 bridgehead atoms. The van der Waals surface area contributed by atoms with Crippen LogP contribution in [0.15, 0.2) is 15.5 Å². The molecule has 0 aromatic heterocycles. The minimum Gasteiger partial charge on any atom is -0.507 e. The number of aromatic hydroxyl groups is 1. The van der Waals surface area contributed by atoms with Gasteiger partial charge in [-0.05, 0) is 25.5 Å². The van der Waals surface area contributed by atoms with Crippen molar-refractivity contribution in [3.8, 4) is 5.75 Å². The molecule has 0 spiro atoms. The Morgan fingerprint density at radius 3 is 2.79 bits per heavy atom. The average molecular weight is 256 g/mol. The molecule has 0 aliphatic rings. The van der Waals surface area contributed by atoms with Crippen LogP contribution in [0.25, 0.3) is 0 Å². The van der Waals surface area contributed by atoms with Gasteiger partial charge in [-0.25, -0.2) is 9.79 Å². The minimum absolute atomic E-state index is 0.176. The summed E-state index contributed by atoms with van der Waals surface area (Å²) >= 11 is 3.33. The van der Waals surface area contributed by atoms with Gasteiger partial charge in [0.1, 0.15) is 5.75 Å². The second kappa shape index (κ2) is 4.40. The molecule has 0 aliphatic heterocycles. The molecule has 0 saturated heterocycles. The summed E-state index contributed by atoms with van der Waals surface area (Å²) < 4.78 is 0.853. The fourth-order valence-corrected chi connectivity index (χ4v) is 1.75. The molecule has 1 aromatic rings. The van der Waals surface area contributed by atoms with Crippen molar-refractivity contribution in [2.45, 2.75) is 20.4 Å². The number of benzene rings is 1. The molecule has 0 unspecified atom stereocenters. The molecule has 0 fully saturated rings. The van der Waals surface area contributed by atoms with Gasteiger partial charge in [-0.3, -0.25) is 0 Å². The number of phenolic OH excluding ortho intramolecular Hbond substituents is 1. The van der Waals surface area contributed by atoms with Crippen molar-refractivity contribution in [3.05, 3.63) is 27.2 Å². The third kappa shape index (κ3) is 2.03. The van der Waals surface area contributed by atoms with E-state index in [9.17, 15) is 9.90 Å². The number of halogens is 1. The normalized spacial score (nSPS) is 9.64. The predicted molar refractivity (Wildman–Crippen MR) is 57.1 cm³/mol. The number of aryl methyl sites for hydroxylation is 1. The summed E-state index contributed by atoms with van der Waals surface area (Å²) in [4.78, 5) is 13.4. The first-order valence-corrected chi connectivity index (χ1v) is 4.88. The lowest BCUT2D eigenvalue weighted by atomic mass is 10.0. The average Bonchev–Trinajstić information content (AvgIpc) is 2.14. The molecule has 1 rings (SSSR count). The highest BCUT2D eigenvalue weighted by molar-refractivity contribution is 9.10. The largest absolute Gasteiger partial charge is 0.507 e. The second-order valence-electron chi connectivity index (χ2n) is 3.03. The molecule has 1 aromatic carbocycles. The summed E-state index contributed by atoms with van der Waals surface area (Å²) in [7, 11) is 0. The van der Waals surface area contributed by atoms with Crippen molar-refractivity contribution in [1.29, 1.82) is 0 Å². The summed E-state index contributed by atoms with van der Waals surface area (Å²) in [5, 5.41) is 9.77. The van der Waals surface area contributed by atoms with Crippen molar-refractivity contribution < 1.29 is 9.90 Å². The van der Waals surface area contributed by atoms with E-state index in [4.69, 9.17) is 0 Å². The van der Waals surface area contributed by atoms with Gasteiger partial charge < -0.3 is 5.11 Å². The van der Waals surface area contributed by atoms with Gasteiger partial charge in [-0.1, -0.05) is 15.9 Å². The van der Waals surface area contributed by atoms with Gasteiger partial charge in [0.2, 0.25) is 6.08 Å². The van der Waals surface area contributed by atoms with Crippen LogP contribution in [0.4, 0.5) is 0 Å². The first kappa shape index (κ1) is 11.0. The van der Waals surface area contributed by atoms with Gasteiger partial charge in [-0.15, -0.1) is 0 Å². The maximum absolute atomic E-state index is 9.97. The number of aliphatic imine (C=N–C) groups is 1. The zero-order chi connectivity index (χ0) is 10.7. The first-order valence-electron chi connectivity index (χ1n) is 4.09. The summed E-state index contributed by atoms with van der Waals surface area (Å²) in [6, 6.07) is 1.89. The van der Waals surface area contributed by atoms with Crippen LogP contribution in [0, 0.1) is 13.8 Å². The molecule has 0 radical (unpaired) electrons. The van der Waals surface area contributed by atoms with Crippen LogP contribution in [-0.4, -0.2) is 11.2 Å². The van der Waals surface area contributed by atoms with E-state index in [0.717, 1.165) is 15.6 Å². The number of nitrogens with zero attached hydrogens (tertiary/aromatic N) is 1. The Bertz CT molecular complexity index is 409. The number of hydrogen-bond acceptors (Lipinski definition) is 3. The van der Waals surface area contributed by atoms with Crippen LogP contribution >= 0.6 is 15.9 Å². The number of phenols is 1. The van der Waals surface area contributed by atoms with E-state index in [2.05, 4.69) is 20.9 Å². The SMILES string of the molecule is Cc1cc(Br)c(C)c(O)c1CN=C=O. The Morgan fingerprint density at radius 1 is 1.57 bits per heavy atom. The fourth-order valence-electron chi connectivity index (χ4n) is 1.22. The molecule has 0 amide bonds. The van der Waals surface area contributed by atoms with E-state index >= 15 is 0 Å². The summed E-state index contributed by atoms with van der Waals surface area (Å²) in [6.45, 7) is 3.84. The lowest BCUT2D eigenvalue weighted by Crippen LogP contribution is -1.92. The van der Waals surface area contributed by atoms with E-state index in [0.29, 0.717) is 5.56 Å². The van der Waals surface area contributed by atoms with Crippen LogP contribution in [0.3, 0.4) is 0 Å². The van der Waals surface area contributed by atoms with E-state index in [-0.39, 0.29) is 12.3 Å². The highest BCUT2D eigenvalue weighted by atomic mass is 79.9. The lowest BCUT2D eigenvalue weighted by Gasteiger charge is -2.09. The van der Waals surface area contributed by atoms with Gasteiger partial charge in [0.15, 0.2) is 0 Å². The zero-order valence-electron chi connectivity index (χ0n) is 7.97. The zero-order valence-corrected chi connectivity index (χ0v) is 9.55. The van der Waals surface area contributed by atoms with Crippen LogP contribution < -0.4 is 0 Å². The summed E-state index contributed by atoms with van der Waals surface area (Å²) in [6.07, 6.45) is 1.46. The molecule has 14 heavy (non-hydrogen) atoms. The summed E-state index contributed by atoms with van der Waals surface area (Å²) in [5.74, 6) is 0.191. The third-order valence-electron chi connectivity index (χ3n) is 2.12. The van der Waals surface area contributed by atoms with E-state index in [1.54, 1.807) is 6.92 Å². The molecule has 0 atom stereocenters. The molecule has 3 nitrogen and oxygen atoms in total. The van der Waals surface area contributed by atoms with E-state index < -0.39 is 0 Å². The predicted octanol–water partition coefficient (Wildman–Crippen LogP) is 2.61. The molecule has 1 N–H and O–H groups in total. The monoisotopic (exact) mass is 255 g/mol. The lowest BCUT2D eigenvalue weighted by molar-refractivity contribution is 0.463. The first-order chi connectivity index (χ1) is 6.57. The highest BCUT2D eigenvalue weighted by Crippen LogP contribution is 2.32. The van der Waals surface area contributed by atoms with Gasteiger partial charge in [0.25, 0.3) is 0 Å². The molecule has 0 saturated carbocycles. The van der Waals surface area contributed by atoms with Gasteiger partial charge in [0.05, 0.1) is 6.54 Å². The van der Waals surface area contributed by atoms with Crippen molar-refractivity contribution in [3.63, 3.8) is 0 Å². The molecule has 4 heteroatoms. The molecule has 74 valence electrons. The van der Waals surface area contributed by atoms with Crippen LogP contribution in [0.1, 0.15) is 16.7 Å². The van der Waals surface area contributed by atoms with Crippen molar-refractivity contribution in [1.82, 2.24) is 0 Å². The van der Waals surface area contributed by atoms with Gasteiger partial charge >= 0.3 is 0 Å². The van der Waals surface area contributed by atoms with Gasteiger partial charge in [0, 0.05) is 15.6 Å². The number of carbonyl (C=O) groups excluding carboxylic acids is 1. The molecule has 0 heterocycles. The van der Waals surface area contributed by atoms with Crippen molar-refractivity contribution >= 4 is 22.0 Å². The number of isocyanates is 1. The van der Waals surface area contributed by atoms with Gasteiger partial charge in [-0.2, -0.15) is 0 Å². The minimum atomic E-state index is 0.176. The Kier molecular flexibility index (Phi) is 3.44. The molecule has 0 aliphatic carbocycles. The van der Waals surface area contributed by atoms with Crippen molar-refractivity contribution in [2.24, 2.45) is 4.99 Å². The van der Waals surface area contributed by atoms with Crippen LogP contribution in [-0.2, 0) is 11.3 Å². The summed E-state index contributed by atoms with van der Waals surface area (Å²) in [5.41, 5.74) is 2.33. The fraction of sp³-hybridized carbons (Fsp3) is 0.300. The maximum atomic E-state index is 9.97. The molecular formula is C10H10BrNO2. The topological polar surface area (TPSA) is 49.7 Å². The standard InChI is InChI=1S/C10H10BrNO2/c1-6-3-9(11)7(2)10(14)8(6)4-12-5-13/h3,14H,4H2,1-2H3. The Morgan fingerprint density at radius 2 is 2.21 bits per heavy atom. The third-order valence-corrected chi connectivity index (χ3v) is 2.94. The number of hydrogen-bond donors (Lipinski definition) is 1. The Hall–Kier alpha value is -1.12. The van der Waals surface area contributed by atoms with E-state index in [1.807, 2.05) is 13.0 Å². The van der Waals surface area contributed by atoms with E-state index in [1.165, 1.54) is 6.08 Å². The smallest absolute Gasteiger partial charge is 0.235 e.